The first kappa shape index (κ1) is 19.1. The van der Waals surface area contributed by atoms with Crippen molar-refractivity contribution in [3.8, 4) is 0 Å². The first-order chi connectivity index (χ1) is 13.2. The van der Waals surface area contributed by atoms with Crippen LogP contribution in [0.15, 0.2) is 41.4 Å². The number of nitrogens with zero attached hydrogens (tertiary/aromatic N) is 3. The maximum absolute atomic E-state index is 11.7. The van der Waals surface area contributed by atoms with Crippen molar-refractivity contribution in [1.82, 2.24) is 10.2 Å². The summed E-state index contributed by atoms with van der Waals surface area (Å²) in [5.41, 5.74) is 8.42. The van der Waals surface area contributed by atoms with Crippen LogP contribution in [0.2, 0.25) is 0 Å². The molecule has 2 aliphatic rings. The fourth-order valence-electron chi connectivity index (χ4n) is 3.39. The zero-order valence-electron chi connectivity index (χ0n) is 15.9. The van der Waals surface area contributed by atoms with Gasteiger partial charge >= 0.3 is 6.09 Å². The molecule has 0 unspecified atom stereocenters. The topological polar surface area (TPSA) is 83.2 Å². The van der Waals surface area contributed by atoms with Gasteiger partial charge in [0.05, 0.1) is 13.2 Å². The number of likely N-dealkylation sites (tertiary alicyclic amines) is 1. The van der Waals surface area contributed by atoms with Gasteiger partial charge in [-0.15, -0.1) is 0 Å². The normalized spacial score (nSPS) is 18.0. The van der Waals surface area contributed by atoms with E-state index in [-0.39, 0.29) is 12.1 Å². The highest BCUT2D eigenvalue weighted by Crippen LogP contribution is 2.19. The van der Waals surface area contributed by atoms with Crippen molar-refractivity contribution < 1.29 is 9.53 Å². The third kappa shape index (κ3) is 5.39. The van der Waals surface area contributed by atoms with Crippen LogP contribution >= 0.6 is 0 Å². The van der Waals surface area contributed by atoms with Crippen LogP contribution < -0.4 is 16.0 Å². The van der Waals surface area contributed by atoms with E-state index in [1.165, 1.54) is 5.69 Å². The van der Waals surface area contributed by atoms with Crippen molar-refractivity contribution in [1.29, 1.82) is 0 Å². The zero-order valence-corrected chi connectivity index (χ0v) is 15.9. The van der Waals surface area contributed by atoms with Gasteiger partial charge in [-0.1, -0.05) is 24.3 Å². The van der Waals surface area contributed by atoms with Crippen molar-refractivity contribution in [2.75, 3.05) is 37.7 Å². The third-order valence-electron chi connectivity index (χ3n) is 4.90. The molecule has 27 heavy (non-hydrogen) atoms. The van der Waals surface area contributed by atoms with E-state index >= 15 is 0 Å². The molecule has 146 valence electrons. The Kier molecular flexibility index (Phi) is 6.57. The van der Waals surface area contributed by atoms with Crippen molar-refractivity contribution >= 4 is 17.7 Å². The number of nitrogens with one attached hydrogen (secondary N) is 1. The lowest BCUT2D eigenvalue weighted by Gasteiger charge is -2.31. The number of anilines is 1. The number of carbonyl (C=O) groups excluding carboxylic acids is 1. The van der Waals surface area contributed by atoms with Crippen LogP contribution in [0.4, 0.5) is 10.5 Å². The number of piperidine rings is 1. The predicted octanol–water partition coefficient (Wildman–Crippen LogP) is 2.09. The van der Waals surface area contributed by atoms with Crippen LogP contribution in [-0.2, 0) is 11.3 Å². The smallest absolute Gasteiger partial charge is 0.409 e. The summed E-state index contributed by atoms with van der Waals surface area (Å²) < 4.78 is 5.04. The molecule has 3 rings (SSSR count). The molecule has 7 heteroatoms. The molecule has 0 bridgehead atoms. The average molecular weight is 371 g/mol. The summed E-state index contributed by atoms with van der Waals surface area (Å²) in [6, 6.07) is 8.66. The Morgan fingerprint density at radius 2 is 2.04 bits per heavy atom. The number of carbonyl (C=O) groups is 1. The summed E-state index contributed by atoms with van der Waals surface area (Å²) in [7, 11) is 0. The van der Waals surface area contributed by atoms with Gasteiger partial charge in [0, 0.05) is 37.9 Å². The summed E-state index contributed by atoms with van der Waals surface area (Å²) in [6.45, 7) is 6.05. The van der Waals surface area contributed by atoms with Crippen molar-refractivity contribution in [3.63, 3.8) is 0 Å². The van der Waals surface area contributed by atoms with Gasteiger partial charge in [0.1, 0.15) is 0 Å². The minimum Gasteiger partial charge on any atom is -0.450 e. The standard InChI is InChI=1S/C20H29N5O2/c1-2-27-20(26)25-12-8-17(9-13-25)23-19(21)22-15-16-6-5-7-18(14-16)24-10-3-4-11-24/h3-7,14,17H,2,8-13,15H2,1H3,(H3,21,22,23). The first-order valence-corrected chi connectivity index (χ1v) is 9.62. The Balaban J connectivity index is 1.46. The number of amides is 1. The predicted molar refractivity (Wildman–Crippen MR) is 108 cm³/mol. The maximum Gasteiger partial charge on any atom is 0.409 e. The molecule has 0 atom stereocenters. The number of aliphatic imine (C=N–C) groups is 1. The van der Waals surface area contributed by atoms with Gasteiger partial charge in [-0.3, -0.25) is 0 Å². The van der Waals surface area contributed by atoms with E-state index < -0.39 is 0 Å². The van der Waals surface area contributed by atoms with Gasteiger partial charge in [-0.25, -0.2) is 9.79 Å². The van der Waals surface area contributed by atoms with Gasteiger partial charge < -0.3 is 25.6 Å². The summed E-state index contributed by atoms with van der Waals surface area (Å²) in [4.78, 5) is 20.3. The van der Waals surface area contributed by atoms with E-state index in [4.69, 9.17) is 10.5 Å². The summed E-state index contributed by atoms with van der Waals surface area (Å²) in [6.07, 6.45) is 5.81. The van der Waals surface area contributed by atoms with E-state index in [1.54, 1.807) is 4.90 Å². The van der Waals surface area contributed by atoms with Gasteiger partial charge in [0.15, 0.2) is 5.96 Å². The number of ether oxygens (including phenoxy) is 1. The molecule has 2 aliphatic heterocycles. The number of hydrogen-bond acceptors (Lipinski definition) is 4. The molecule has 0 aromatic heterocycles. The molecule has 0 aliphatic carbocycles. The molecular formula is C20H29N5O2. The fourth-order valence-corrected chi connectivity index (χ4v) is 3.39. The molecule has 3 N–H and O–H groups in total. The molecular weight excluding hydrogens is 342 g/mol. The summed E-state index contributed by atoms with van der Waals surface area (Å²) in [5.74, 6) is 0.456. The van der Waals surface area contributed by atoms with Crippen molar-refractivity contribution in [2.24, 2.45) is 10.7 Å². The Morgan fingerprint density at radius 3 is 2.74 bits per heavy atom. The molecule has 0 radical (unpaired) electrons. The Hall–Kier alpha value is -2.70. The van der Waals surface area contributed by atoms with Crippen LogP contribution in [0, 0.1) is 0 Å². The molecule has 1 amide bonds. The van der Waals surface area contributed by atoms with E-state index in [2.05, 4.69) is 51.6 Å². The van der Waals surface area contributed by atoms with Crippen LogP contribution in [0.3, 0.4) is 0 Å². The second kappa shape index (κ2) is 9.30. The van der Waals surface area contributed by atoms with Gasteiger partial charge in [-0.2, -0.15) is 0 Å². The molecule has 0 saturated carbocycles. The highest BCUT2D eigenvalue weighted by Gasteiger charge is 2.23. The molecule has 7 nitrogen and oxygen atoms in total. The zero-order chi connectivity index (χ0) is 19.1. The van der Waals surface area contributed by atoms with Crippen LogP contribution in [-0.4, -0.2) is 55.8 Å². The average Bonchev–Trinajstić information content (AvgIpc) is 3.22. The Labute approximate surface area is 160 Å². The molecule has 0 spiro atoms. The number of rotatable bonds is 5. The SMILES string of the molecule is CCOC(=O)N1CCC(NC(N)=NCc2cccc(N3CC=CC3)c2)CC1. The molecule has 1 fully saturated rings. The lowest BCUT2D eigenvalue weighted by molar-refractivity contribution is 0.0963. The van der Waals surface area contributed by atoms with E-state index in [1.807, 2.05) is 6.92 Å². The first-order valence-electron chi connectivity index (χ1n) is 9.62. The second-order valence-corrected chi connectivity index (χ2v) is 6.85. The number of guanidine groups is 1. The van der Waals surface area contributed by atoms with Crippen LogP contribution in [0.5, 0.6) is 0 Å². The number of hydrogen-bond donors (Lipinski definition) is 2. The van der Waals surface area contributed by atoms with Crippen LogP contribution in [0.1, 0.15) is 25.3 Å². The van der Waals surface area contributed by atoms with Gasteiger partial charge in [0.2, 0.25) is 0 Å². The van der Waals surface area contributed by atoms with Gasteiger partial charge in [0.25, 0.3) is 0 Å². The maximum atomic E-state index is 11.7. The minimum absolute atomic E-state index is 0.231. The molecule has 1 aromatic carbocycles. The quantitative estimate of drug-likeness (QED) is 0.470. The lowest BCUT2D eigenvalue weighted by atomic mass is 10.1. The highest BCUT2D eigenvalue weighted by atomic mass is 16.6. The number of benzene rings is 1. The number of nitrogens with two attached hydrogens (primary N) is 1. The molecule has 1 saturated heterocycles. The lowest BCUT2D eigenvalue weighted by Crippen LogP contribution is -2.48. The Morgan fingerprint density at radius 1 is 1.30 bits per heavy atom. The van der Waals surface area contributed by atoms with E-state index in [0.29, 0.717) is 32.2 Å². The van der Waals surface area contributed by atoms with Crippen molar-refractivity contribution in [2.45, 2.75) is 32.4 Å². The largest absolute Gasteiger partial charge is 0.450 e. The highest BCUT2D eigenvalue weighted by molar-refractivity contribution is 5.78. The monoisotopic (exact) mass is 371 g/mol. The second-order valence-electron chi connectivity index (χ2n) is 6.85. The molecule has 1 aromatic rings. The van der Waals surface area contributed by atoms with E-state index in [9.17, 15) is 4.79 Å². The Bertz CT molecular complexity index is 687. The summed E-state index contributed by atoms with van der Waals surface area (Å²) in [5, 5.41) is 3.28. The van der Waals surface area contributed by atoms with Gasteiger partial charge in [-0.05, 0) is 37.5 Å². The van der Waals surface area contributed by atoms with Crippen molar-refractivity contribution in [3.05, 3.63) is 42.0 Å². The third-order valence-corrected chi connectivity index (χ3v) is 4.90. The molecule has 2 heterocycles. The summed E-state index contributed by atoms with van der Waals surface area (Å²) >= 11 is 0. The fraction of sp³-hybridized carbons (Fsp3) is 0.500. The van der Waals surface area contributed by atoms with Crippen LogP contribution in [0.25, 0.3) is 0 Å². The van der Waals surface area contributed by atoms with E-state index in [0.717, 1.165) is 31.5 Å². The minimum atomic E-state index is -0.231.